The van der Waals surface area contributed by atoms with Gasteiger partial charge in [0.2, 0.25) is 5.91 Å². The Balaban J connectivity index is 0.000000221. The van der Waals surface area contributed by atoms with Crippen molar-refractivity contribution in [2.75, 3.05) is 33.9 Å². The van der Waals surface area contributed by atoms with Crippen LogP contribution >= 0.6 is 58.6 Å². The molecule has 0 aliphatic carbocycles. The number of hydrogen-bond acceptors (Lipinski definition) is 8. The topological polar surface area (TPSA) is 130 Å². The highest BCUT2D eigenvalue weighted by atomic mass is 35.5. The van der Waals surface area contributed by atoms with E-state index < -0.39 is 12.1 Å². The number of amidine groups is 1. The number of nitrogens with one attached hydrogen (secondary N) is 2. The van der Waals surface area contributed by atoms with Gasteiger partial charge in [-0.15, -0.1) is 0 Å². The summed E-state index contributed by atoms with van der Waals surface area (Å²) in [6.07, 6.45) is -0.137. The number of halogens is 4. The summed E-state index contributed by atoms with van der Waals surface area (Å²) in [6.45, 7) is 4.58. The maximum Gasteiger partial charge on any atom is 0.326 e. The quantitative estimate of drug-likeness (QED) is 0.145. The molecule has 8 rings (SSSR count). The van der Waals surface area contributed by atoms with Crippen molar-refractivity contribution in [3.8, 4) is 22.9 Å². The minimum atomic E-state index is -0.528. The first-order valence-corrected chi connectivity index (χ1v) is 21.3. The van der Waals surface area contributed by atoms with E-state index in [1.807, 2.05) is 68.4 Å². The van der Waals surface area contributed by atoms with Gasteiger partial charge < -0.3 is 29.4 Å². The monoisotopic (exact) mass is 932 g/mol. The van der Waals surface area contributed by atoms with Gasteiger partial charge in [0, 0.05) is 35.3 Å². The first kappa shape index (κ1) is 44.5. The number of nitrogens with zero attached hydrogens (tertiary/aromatic N) is 4. The van der Waals surface area contributed by atoms with Crippen LogP contribution in [0.1, 0.15) is 42.6 Å². The van der Waals surface area contributed by atoms with Crippen LogP contribution in [0.5, 0.6) is 17.2 Å². The molecule has 62 heavy (non-hydrogen) atoms. The largest absolute Gasteiger partial charge is 0.497 e. The second kappa shape index (κ2) is 19.2. The van der Waals surface area contributed by atoms with E-state index in [0.717, 1.165) is 11.1 Å². The molecular weight excluding hydrogens is 894 g/mol. The van der Waals surface area contributed by atoms with E-state index in [-0.39, 0.29) is 34.9 Å². The number of piperazine rings is 1. The third kappa shape index (κ3) is 9.42. The predicted molar refractivity (Wildman–Crippen MR) is 247 cm³/mol. The molecule has 0 saturated carbocycles. The van der Waals surface area contributed by atoms with Crippen molar-refractivity contribution in [2.45, 2.75) is 32.0 Å². The summed E-state index contributed by atoms with van der Waals surface area (Å²) in [6, 6.07) is 29.2. The second-order valence-corrected chi connectivity index (χ2v) is 16.5. The summed E-state index contributed by atoms with van der Waals surface area (Å²) in [5.74, 6) is 1.80. The summed E-state index contributed by atoms with van der Waals surface area (Å²) in [5.41, 5.74) is 3.20. The van der Waals surface area contributed by atoms with Gasteiger partial charge in [-0.25, -0.2) is 4.79 Å². The van der Waals surface area contributed by atoms with Crippen LogP contribution < -0.4 is 25.1 Å². The second-order valence-electron chi connectivity index (χ2n) is 14.5. The van der Waals surface area contributed by atoms with Gasteiger partial charge in [-0.1, -0.05) is 82.8 Å². The number of methoxy groups -OCH3 is 2. The average molecular weight is 935 g/mol. The van der Waals surface area contributed by atoms with Crippen LogP contribution in [0.15, 0.2) is 113 Å². The Morgan fingerprint density at radius 3 is 2.15 bits per heavy atom. The van der Waals surface area contributed by atoms with Gasteiger partial charge in [-0.3, -0.25) is 24.0 Å². The first-order chi connectivity index (χ1) is 29.8. The van der Waals surface area contributed by atoms with Crippen molar-refractivity contribution in [2.24, 2.45) is 4.99 Å². The molecule has 0 unspecified atom stereocenters. The highest BCUT2D eigenvalue weighted by Crippen LogP contribution is 2.46. The van der Waals surface area contributed by atoms with Gasteiger partial charge in [0.1, 0.15) is 35.7 Å². The van der Waals surface area contributed by atoms with Gasteiger partial charge in [0.15, 0.2) is 4.77 Å². The highest BCUT2D eigenvalue weighted by molar-refractivity contribution is 7.71. The van der Waals surface area contributed by atoms with Crippen LogP contribution in [-0.4, -0.2) is 77.1 Å². The molecule has 2 atom stereocenters. The number of fused-ring (bicyclic) bond motifs is 1. The minimum absolute atomic E-state index is 0.0421. The Labute approximate surface area is 382 Å². The van der Waals surface area contributed by atoms with Gasteiger partial charge in [-0.2, -0.15) is 0 Å². The first-order valence-electron chi connectivity index (χ1n) is 19.3. The number of aliphatic imine (C=N–C) groups is 1. The number of ether oxygens (including phenoxy) is 3. The van der Waals surface area contributed by atoms with E-state index in [2.05, 4.69) is 10.3 Å². The molecule has 0 bridgehead atoms. The van der Waals surface area contributed by atoms with Crippen LogP contribution in [0.3, 0.4) is 0 Å². The number of benzene rings is 5. The van der Waals surface area contributed by atoms with Gasteiger partial charge in [-0.05, 0) is 91.8 Å². The van der Waals surface area contributed by atoms with E-state index in [9.17, 15) is 14.4 Å². The number of amides is 3. The molecule has 320 valence electrons. The lowest BCUT2D eigenvalue weighted by Gasteiger charge is -2.36. The van der Waals surface area contributed by atoms with Crippen LogP contribution in [0.2, 0.25) is 20.1 Å². The lowest BCUT2D eigenvalue weighted by molar-refractivity contribution is -0.123. The lowest BCUT2D eigenvalue weighted by Crippen LogP contribution is -2.55. The number of carbonyl (C=O) groups excluding carboxylic acids is 2. The third-order valence-corrected chi connectivity index (χ3v) is 11.5. The summed E-state index contributed by atoms with van der Waals surface area (Å²) >= 11 is 30.0. The minimum Gasteiger partial charge on any atom is -0.497 e. The summed E-state index contributed by atoms with van der Waals surface area (Å²) < 4.78 is 18.4. The van der Waals surface area contributed by atoms with Gasteiger partial charge >= 0.3 is 6.03 Å². The number of aromatic amines is 1. The van der Waals surface area contributed by atoms with Crippen molar-refractivity contribution in [3.05, 3.63) is 155 Å². The van der Waals surface area contributed by atoms with Crippen LogP contribution in [0, 0.1) is 4.77 Å². The maximum absolute atomic E-state index is 14.3. The molecule has 3 heterocycles. The molecule has 1 fully saturated rings. The number of para-hydroxylation sites is 1. The van der Waals surface area contributed by atoms with E-state index in [1.165, 1.54) is 17.7 Å². The van der Waals surface area contributed by atoms with Crippen molar-refractivity contribution in [1.29, 1.82) is 0 Å². The zero-order valence-electron chi connectivity index (χ0n) is 33.8. The molecule has 2 N–H and O–H groups in total. The number of H-pyrrole nitrogens is 1. The summed E-state index contributed by atoms with van der Waals surface area (Å²) in [7, 11) is 3.08. The Morgan fingerprint density at radius 2 is 1.50 bits per heavy atom. The van der Waals surface area contributed by atoms with Crippen LogP contribution in [0.25, 0.3) is 16.6 Å². The van der Waals surface area contributed by atoms with Crippen molar-refractivity contribution < 1.29 is 23.8 Å². The summed E-state index contributed by atoms with van der Waals surface area (Å²) in [4.78, 5) is 50.8. The molecule has 17 heteroatoms. The molecule has 3 amide bonds. The molecule has 0 radical (unpaired) electrons. The number of carbonyl (C=O) groups is 2. The molecule has 5 aromatic carbocycles. The van der Waals surface area contributed by atoms with Crippen LogP contribution in [0.4, 0.5) is 4.79 Å². The lowest BCUT2D eigenvalue weighted by atomic mass is 9.93. The fraction of sp³-hybridized carbons (Fsp3) is 0.222. The number of urea groups is 1. The Bertz CT molecular complexity index is 2800. The Kier molecular flexibility index (Phi) is 13.8. The molecule has 2 aliphatic rings. The SMILES string of the molecule is COc1cc(-n2c(=S)[nH]c3ccccc3c2=O)c(Cl)cc1Cl.COc1ccc(C2=N[C@H](c3ccc(Cl)cc3)[C@H](c3ccc(Cl)cc3)N2C(=O)N2CCNC(=O)C2)c(OC(C)C)c1. The zero-order chi connectivity index (χ0) is 44.2. The van der Waals surface area contributed by atoms with E-state index in [1.54, 1.807) is 59.4 Å². The molecule has 6 aromatic rings. The fourth-order valence-corrected chi connectivity index (χ4v) is 8.29. The average Bonchev–Trinajstić information content (AvgIpc) is 3.65. The smallest absolute Gasteiger partial charge is 0.326 e. The molecule has 12 nitrogen and oxygen atoms in total. The number of hydrogen-bond donors (Lipinski definition) is 2. The maximum atomic E-state index is 14.3. The fourth-order valence-electron chi connectivity index (χ4n) is 7.20. The summed E-state index contributed by atoms with van der Waals surface area (Å²) in [5, 5.41) is 5.16. The van der Waals surface area contributed by atoms with E-state index in [4.69, 9.17) is 77.8 Å². The van der Waals surface area contributed by atoms with Crippen molar-refractivity contribution in [3.63, 3.8) is 0 Å². The molecule has 2 aliphatic heterocycles. The molecule has 1 aromatic heterocycles. The number of rotatable bonds is 8. The van der Waals surface area contributed by atoms with Crippen molar-refractivity contribution >= 4 is 87.3 Å². The van der Waals surface area contributed by atoms with Crippen LogP contribution in [-0.2, 0) is 4.79 Å². The van der Waals surface area contributed by atoms with Gasteiger partial charge in [0.05, 0.1) is 58.6 Å². The number of aromatic nitrogens is 2. The predicted octanol–water partition coefficient (Wildman–Crippen LogP) is 10.2. The standard InChI is InChI=1S/C30H30Cl2N4O4.C15H10Cl2N2O2S/c1-18(2)40-25-16-23(39-3)12-13-24(25)29-34-27(19-4-8-21(31)9-5-19)28(20-6-10-22(32)11-7-20)36(29)30(38)35-15-14-33-26(37)17-35;1-21-13-7-12(9(16)6-10(13)17)19-14(20)8-4-2-3-5-11(8)18-15(19)22/h4-13,16,18,27-28H,14-15,17H2,1-3H3,(H,33,37);2-7H,1H3,(H,18,22)/t27-,28+;/m1./s1. The van der Waals surface area contributed by atoms with Crippen molar-refractivity contribution in [1.82, 2.24) is 24.7 Å². The zero-order valence-corrected chi connectivity index (χ0v) is 37.7. The highest BCUT2D eigenvalue weighted by Gasteiger charge is 2.45. The van der Waals surface area contributed by atoms with E-state index in [0.29, 0.717) is 78.4 Å². The third-order valence-electron chi connectivity index (χ3n) is 10.1. The molecule has 0 spiro atoms. The molecular formula is C45H40Cl4N6O6S. The Morgan fingerprint density at radius 1 is 0.823 bits per heavy atom. The molecule has 1 saturated heterocycles. The normalized spacial score (nSPS) is 16.1. The van der Waals surface area contributed by atoms with Gasteiger partial charge in [0.25, 0.3) is 5.56 Å². The Hall–Kier alpha value is -5.57. The van der Waals surface area contributed by atoms with E-state index >= 15 is 0 Å².